The number of rotatable bonds is 6. The number of hydrogen-bond donors (Lipinski definition) is 5. The Morgan fingerprint density at radius 1 is 1.16 bits per heavy atom. The molecule has 3 amide bonds. The van der Waals surface area contributed by atoms with Gasteiger partial charge < -0.3 is 21.2 Å². The van der Waals surface area contributed by atoms with Crippen LogP contribution < -0.4 is 32.6 Å². The van der Waals surface area contributed by atoms with E-state index >= 15 is 0 Å². The Labute approximate surface area is 254 Å². The predicted octanol–water partition coefficient (Wildman–Crippen LogP) is 4.94. The lowest BCUT2D eigenvalue weighted by atomic mass is 9.99. The van der Waals surface area contributed by atoms with Crippen LogP contribution in [0.3, 0.4) is 0 Å². The highest BCUT2D eigenvalue weighted by atomic mass is 35.5. The maximum absolute atomic E-state index is 13.1. The Bertz CT molecular complexity index is 1540. The van der Waals surface area contributed by atoms with Gasteiger partial charge in [0.2, 0.25) is 11.8 Å². The van der Waals surface area contributed by atoms with E-state index in [9.17, 15) is 14.4 Å². The molecule has 224 valence electrons. The average Bonchev–Trinajstić information content (AvgIpc) is 2.99. The number of anilines is 3. The molecule has 43 heavy (non-hydrogen) atoms. The van der Waals surface area contributed by atoms with Gasteiger partial charge in [-0.15, -0.1) is 0 Å². The Morgan fingerprint density at radius 2 is 2.00 bits per heavy atom. The summed E-state index contributed by atoms with van der Waals surface area (Å²) < 4.78 is 4.69. The van der Waals surface area contributed by atoms with Gasteiger partial charge in [-0.05, 0) is 66.9 Å². The van der Waals surface area contributed by atoms with Crippen LogP contribution in [0, 0.1) is 0 Å². The quantitative estimate of drug-likeness (QED) is 0.0863. The van der Waals surface area contributed by atoms with E-state index in [-0.39, 0.29) is 17.9 Å². The highest BCUT2D eigenvalue weighted by Crippen LogP contribution is 2.33. The summed E-state index contributed by atoms with van der Waals surface area (Å²) in [6, 6.07) is 13.6. The first kappa shape index (κ1) is 31.0. The second-order valence-corrected chi connectivity index (χ2v) is 10.2. The lowest BCUT2D eigenvalue weighted by Crippen LogP contribution is -2.30. The fourth-order valence-electron chi connectivity index (χ4n) is 4.68. The first-order chi connectivity index (χ1) is 20.8. The number of nitrogens with one attached hydrogen (secondary N) is 3. The molecule has 0 aliphatic carbocycles. The molecule has 0 radical (unpaired) electrons. The van der Waals surface area contributed by atoms with Crippen molar-refractivity contribution in [3.63, 3.8) is 0 Å². The molecule has 12 nitrogen and oxygen atoms in total. The van der Waals surface area contributed by atoms with E-state index < -0.39 is 6.09 Å². The Balaban J connectivity index is 1.62. The zero-order chi connectivity index (χ0) is 30.8. The van der Waals surface area contributed by atoms with E-state index in [4.69, 9.17) is 23.3 Å². The van der Waals surface area contributed by atoms with Crippen molar-refractivity contribution in [3.05, 3.63) is 77.1 Å². The zero-order valence-corrected chi connectivity index (χ0v) is 24.3. The van der Waals surface area contributed by atoms with Crippen LogP contribution in [0.1, 0.15) is 49.4 Å². The summed E-state index contributed by atoms with van der Waals surface area (Å²) in [6.07, 6.45) is 8.48. The minimum atomic E-state index is -0.619. The number of pyridine rings is 1. The van der Waals surface area contributed by atoms with Gasteiger partial charge in [-0.2, -0.15) is 5.10 Å². The molecule has 4 rings (SSSR count). The summed E-state index contributed by atoms with van der Waals surface area (Å²) in [5.74, 6) is 10.8. The molecule has 1 aromatic heterocycles. The van der Waals surface area contributed by atoms with Crippen molar-refractivity contribution in [1.29, 1.82) is 0 Å². The summed E-state index contributed by atoms with van der Waals surface area (Å²) >= 11 is 6.18. The number of benzene rings is 2. The SMILES string of the molecule is COC(=O)Nc1ccc2c(c1)NC(=O)CCCCC[C@H](NC(=O)/C=C/c1cc(Cl)ccc1N(N)/C=N\N)c1cc-2ccn1. The minimum Gasteiger partial charge on any atom is -0.453 e. The number of ether oxygens (including phenoxy) is 1. The van der Waals surface area contributed by atoms with Crippen molar-refractivity contribution in [3.8, 4) is 11.1 Å². The van der Waals surface area contributed by atoms with E-state index in [0.717, 1.165) is 24.0 Å². The first-order valence-corrected chi connectivity index (χ1v) is 14.0. The largest absolute Gasteiger partial charge is 0.453 e. The van der Waals surface area contributed by atoms with Crippen molar-refractivity contribution < 1.29 is 19.1 Å². The molecular weight excluding hydrogens is 572 g/mol. The first-order valence-electron chi connectivity index (χ1n) is 13.6. The number of hydrogen-bond acceptors (Lipinski definition) is 8. The number of nitrogens with zero attached hydrogens (tertiary/aromatic N) is 3. The number of fused-ring (bicyclic) bond motifs is 4. The number of methoxy groups -OCH3 is 1. The van der Waals surface area contributed by atoms with Crippen LogP contribution in [-0.4, -0.2) is 36.3 Å². The predicted molar refractivity (Wildman–Crippen MR) is 168 cm³/mol. The molecule has 2 bridgehead atoms. The fourth-order valence-corrected chi connectivity index (χ4v) is 4.86. The van der Waals surface area contributed by atoms with Gasteiger partial charge >= 0.3 is 6.09 Å². The van der Waals surface area contributed by atoms with Crippen molar-refractivity contribution in [1.82, 2.24) is 10.3 Å². The molecule has 0 spiro atoms. The van der Waals surface area contributed by atoms with E-state index in [2.05, 4.69) is 30.8 Å². The van der Waals surface area contributed by atoms with Gasteiger partial charge in [0.05, 0.1) is 30.2 Å². The topological polar surface area (TPSA) is 177 Å². The van der Waals surface area contributed by atoms with Crippen LogP contribution in [0.25, 0.3) is 17.2 Å². The van der Waals surface area contributed by atoms with Crippen LogP contribution in [0.15, 0.2) is 65.9 Å². The van der Waals surface area contributed by atoms with Gasteiger partial charge in [-0.3, -0.25) is 24.9 Å². The van der Waals surface area contributed by atoms with E-state index in [1.807, 2.05) is 12.1 Å². The molecule has 1 aliphatic heterocycles. The Kier molecular flexibility index (Phi) is 10.7. The number of aromatic nitrogens is 1. The Morgan fingerprint density at radius 3 is 2.79 bits per heavy atom. The number of amides is 3. The van der Waals surface area contributed by atoms with Crippen LogP contribution in [0.2, 0.25) is 5.02 Å². The molecular formula is C30H33ClN8O4. The molecule has 13 heteroatoms. The third kappa shape index (κ3) is 8.53. The van der Waals surface area contributed by atoms with E-state index in [0.29, 0.717) is 52.6 Å². The summed E-state index contributed by atoms with van der Waals surface area (Å²) in [7, 11) is 1.28. The van der Waals surface area contributed by atoms with Gasteiger partial charge in [0.1, 0.15) is 6.34 Å². The number of nitrogens with two attached hydrogens (primary N) is 2. The maximum Gasteiger partial charge on any atom is 0.411 e. The summed E-state index contributed by atoms with van der Waals surface area (Å²) in [4.78, 5) is 42.2. The van der Waals surface area contributed by atoms with Crippen LogP contribution in [-0.2, 0) is 14.3 Å². The number of hydrazone groups is 1. The fraction of sp³-hybridized carbons (Fsp3) is 0.233. The molecule has 2 heterocycles. The van der Waals surface area contributed by atoms with Gasteiger partial charge in [0, 0.05) is 40.5 Å². The molecule has 7 N–H and O–H groups in total. The Hall–Kier alpha value is -4.94. The van der Waals surface area contributed by atoms with Gasteiger partial charge in [-0.25, -0.2) is 10.6 Å². The number of carbonyl (C=O) groups excluding carboxylic acids is 3. The highest BCUT2D eigenvalue weighted by Gasteiger charge is 2.19. The number of halogens is 1. The average molecular weight is 605 g/mol. The standard InChI is InChI=1S/C30H33ClN8O4/c1-43-30(42)36-22-9-10-23-19-13-14-34-26(16-19)24(5-3-2-4-6-28(40)38-25(23)17-22)37-29(41)12-7-20-15-21(31)8-11-27(20)39(33)18-35-32/h7-18,24H,2-6,32-33H2,1H3,(H,36,42)(H,37,41)(H,38,40)/b12-7+,35-18-/t24-/m0/s1. The molecule has 2 aromatic carbocycles. The zero-order valence-electron chi connectivity index (χ0n) is 23.5. The molecule has 0 saturated heterocycles. The second kappa shape index (κ2) is 14.8. The summed E-state index contributed by atoms with van der Waals surface area (Å²) in [5, 5.41) is 13.8. The van der Waals surface area contributed by atoms with Gasteiger partial charge in [-0.1, -0.05) is 30.5 Å². The third-order valence-electron chi connectivity index (χ3n) is 6.76. The highest BCUT2D eigenvalue weighted by molar-refractivity contribution is 6.30. The molecule has 1 atom stereocenters. The maximum atomic E-state index is 13.1. The molecule has 3 aromatic rings. The van der Waals surface area contributed by atoms with Crippen LogP contribution >= 0.6 is 11.6 Å². The van der Waals surface area contributed by atoms with Crippen LogP contribution in [0.4, 0.5) is 21.9 Å². The molecule has 0 unspecified atom stereocenters. The smallest absolute Gasteiger partial charge is 0.411 e. The van der Waals surface area contributed by atoms with Crippen molar-refractivity contribution in [2.24, 2.45) is 16.8 Å². The molecule has 0 fully saturated rings. The number of hydrazine groups is 1. The third-order valence-corrected chi connectivity index (χ3v) is 7.00. The van der Waals surface area contributed by atoms with Crippen LogP contribution in [0.5, 0.6) is 0 Å². The van der Waals surface area contributed by atoms with Gasteiger partial charge in [0.25, 0.3) is 0 Å². The lowest BCUT2D eigenvalue weighted by molar-refractivity contribution is -0.117. The lowest BCUT2D eigenvalue weighted by Gasteiger charge is -2.19. The van der Waals surface area contributed by atoms with Crippen molar-refractivity contribution >= 4 is 59.0 Å². The molecule has 1 aliphatic rings. The summed E-state index contributed by atoms with van der Waals surface area (Å²) in [6.45, 7) is 0. The second-order valence-electron chi connectivity index (χ2n) is 9.76. The normalized spacial score (nSPS) is 15.4. The minimum absolute atomic E-state index is 0.130. The molecule has 0 saturated carbocycles. The van der Waals surface area contributed by atoms with Crippen molar-refractivity contribution in [2.45, 2.75) is 38.1 Å². The monoisotopic (exact) mass is 604 g/mol. The van der Waals surface area contributed by atoms with Gasteiger partial charge in [0.15, 0.2) is 0 Å². The van der Waals surface area contributed by atoms with Crippen molar-refractivity contribution in [2.75, 3.05) is 22.8 Å². The summed E-state index contributed by atoms with van der Waals surface area (Å²) in [5.41, 5.74) is 4.33. The number of carbonyl (C=O) groups is 3. The van der Waals surface area contributed by atoms with E-state index in [1.165, 1.54) is 24.5 Å². The van der Waals surface area contributed by atoms with E-state index in [1.54, 1.807) is 48.7 Å².